The van der Waals surface area contributed by atoms with E-state index in [0.717, 1.165) is 11.3 Å². The van der Waals surface area contributed by atoms with E-state index in [1.165, 1.54) is 22.7 Å². The lowest BCUT2D eigenvalue weighted by atomic mass is 10.2. The number of carbonyl (C=O) groups is 1. The van der Waals surface area contributed by atoms with Crippen molar-refractivity contribution in [1.29, 1.82) is 0 Å². The molecule has 7 nitrogen and oxygen atoms in total. The molecule has 1 unspecified atom stereocenters. The Hall–Kier alpha value is -2.74. The summed E-state index contributed by atoms with van der Waals surface area (Å²) in [5, 5.41) is 11.0. The molecule has 3 N–H and O–H groups in total. The number of nitrogens with zero attached hydrogens (tertiary/aromatic N) is 3. The molecule has 3 rings (SSSR count). The van der Waals surface area contributed by atoms with Gasteiger partial charge in [0.25, 0.3) is 0 Å². The molecule has 1 aromatic carbocycles. The molecule has 24 heavy (non-hydrogen) atoms. The second-order valence-corrected chi connectivity index (χ2v) is 6.58. The van der Waals surface area contributed by atoms with Crippen LogP contribution < -0.4 is 11.2 Å². The number of carbonyl (C=O) groups excluding carboxylic acids is 1. The Morgan fingerprint density at radius 3 is 2.88 bits per heavy atom. The van der Waals surface area contributed by atoms with Crippen molar-refractivity contribution in [3.8, 4) is 11.6 Å². The normalized spacial score (nSPS) is 12.1. The molecule has 8 heteroatoms. The van der Waals surface area contributed by atoms with Gasteiger partial charge in [0.2, 0.25) is 16.9 Å². The third-order valence-corrected chi connectivity index (χ3v) is 4.40. The van der Waals surface area contributed by atoms with Gasteiger partial charge < -0.3 is 15.6 Å². The van der Waals surface area contributed by atoms with Gasteiger partial charge in [-0.2, -0.15) is 0 Å². The van der Waals surface area contributed by atoms with Gasteiger partial charge in [-0.3, -0.25) is 4.79 Å². The molecule has 0 aliphatic carbocycles. The second-order valence-electron chi connectivity index (χ2n) is 5.27. The third-order valence-electron chi connectivity index (χ3n) is 3.34. The topological polar surface area (TPSA) is 99.0 Å². The lowest BCUT2D eigenvalue weighted by molar-refractivity contribution is -0.115. The van der Waals surface area contributed by atoms with Crippen molar-refractivity contribution in [1.82, 2.24) is 14.9 Å². The average molecular weight is 343 g/mol. The maximum Gasteiger partial charge on any atom is 0.237 e. The number of furan rings is 1. The molecule has 0 saturated heterocycles. The first-order chi connectivity index (χ1) is 11.5. The van der Waals surface area contributed by atoms with Crippen LogP contribution in [0.4, 0.5) is 5.69 Å². The Morgan fingerprint density at radius 1 is 1.33 bits per heavy atom. The number of anilines is 1. The molecular formula is C16H17N5O2S. The quantitative estimate of drug-likeness (QED) is 0.546. The maximum atomic E-state index is 12.3. The number of aromatic nitrogens is 3. The number of hydrogen-bond donors (Lipinski definition) is 2. The number of benzene rings is 1. The van der Waals surface area contributed by atoms with E-state index in [4.69, 9.17) is 10.3 Å². The van der Waals surface area contributed by atoms with E-state index in [1.54, 1.807) is 19.1 Å². The summed E-state index contributed by atoms with van der Waals surface area (Å²) in [5.74, 6) is 6.80. The van der Waals surface area contributed by atoms with Gasteiger partial charge in [0.15, 0.2) is 5.76 Å². The van der Waals surface area contributed by atoms with Gasteiger partial charge in [-0.25, -0.2) is 4.68 Å². The minimum Gasteiger partial charge on any atom is -0.461 e. The van der Waals surface area contributed by atoms with Gasteiger partial charge in [-0.15, -0.1) is 10.2 Å². The fourth-order valence-corrected chi connectivity index (χ4v) is 2.88. The van der Waals surface area contributed by atoms with Gasteiger partial charge in [0.05, 0.1) is 11.5 Å². The van der Waals surface area contributed by atoms with Crippen LogP contribution in [-0.4, -0.2) is 26.0 Å². The number of rotatable bonds is 5. The highest BCUT2D eigenvalue weighted by atomic mass is 32.2. The Kier molecular flexibility index (Phi) is 4.57. The molecule has 3 aromatic rings. The third kappa shape index (κ3) is 3.43. The van der Waals surface area contributed by atoms with Crippen molar-refractivity contribution < 1.29 is 9.21 Å². The molecule has 1 atom stereocenters. The number of amides is 1. The Bertz CT molecular complexity index is 844. The molecule has 0 radical (unpaired) electrons. The van der Waals surface area contributed by atoms with Crippen molar-refractivity contribution in [3.63, 3.8) is 0 Å². The molecule has 1 amide bonds. The summed E-state index contributed by atoms with van der Waals surface area (Å²) in [7, 11) is 0. The summed E-state index contributed by atoms with van der Waals surface area (Å²) in [6.45, 7) is 3.76. The largest absolute Gasteiger partial charge is 0.461 e. The van der Waals surface area contributed by atoms with Crippen LogP contribution in [-0.2, 0) is 4.79 Å². The van der Waals surface area contributed by atoms with Gasteiger partial charge in [0.1, 0.15) is 0 Å². The van der Waals surface area contributed by atoms with Crippen molar-refractivity contribution in [2.75, 3.05) is 11.2 Å². The lowest BCUT2D eigenvalue weighted by Crippen LogP contribution is -2.23. The summed E-state index contributed by atoms with van der Waals surface area (Å²) in [5.41, 5.74) is 1.84. The summed E-state index contributed by atoms with van der Waals surface area (Å²) < 4.78 is 6.58. The SMILES string of the molecule is Cc1cccc(NC(=O)C(C)Sc2nnc(-c3ccco3)n2N)c1. The van der Waals surface area contributed by atoms with E-state index in [9.17, 15) is 4.79 Å². The standard InChI is InChI=1S/C16H17N5O2S/c1-10-5-3-6-12(9-10)18-15(22)11(2)24-16-20-19-14(21(16)17)13-7-4-8-23-13/h3-9,11H,17H2,1-2H3,(H,18,22). The van der Waals surface area contributed by atoms with Crippen LogP contribution in [0.25, 0.3) is 11.6 Å². The van der Waals surface area contributed by atoms with E-state index >= 15 is 0 Å². The predicted molar refractivity (Wildman–Crippen MR) is 93.0 cm³/mol. The molecule has 0 bridgehead atoms. The number of nitrogens with one attached hydrogen (secondary N) is 1. The van der Waals surface area contributed by atoms with Crippen molar-refractivity contribution in [2.24, 2.45) is 0 Å². The summed E-state index contributed by atoms with van der Waals surface area (Å²) >= 11 is 1.23. The number of nitrogens with two attached hydrogens (primary N) is 1. The summed E-state index contributed by atoms with van der Waals surface area (Å²) in [4.78, 5) is 12.3. The van der Waals surface area contributed by atoms with Gasteiger partial charge in [-0.05, 0) is 43.7 Å². The zero-order chi connectivity index (χ0) is 17.1. The highest BCUT2D eigenvalue weighted by Crippen LogP contribution is 2.25. The van der Waals surface area contributed by atoms with Crippen LogP contribution in [0.1, 0.15) is 12.5 Å². The molecule has 0 saturated carbocycles. The fraction of sp³-hybridized carbons (Fsp3) is 0.188. The highest BCUT2D eigenvalue weighted by molar-refractivity contribution is 8.00. The molecule has 0 aliphatic heterocycles. The number of nitrogen functional groups attached to an aromatic ring is 1. The van der Waals surface area contributed by atoms with Crippen LogP contribution >= 0.6 is 11.8 Å². The molecule has 2 aromatic heterocycles. The first-order valence-electron chi connectivity index (χ1n) is 7.33. The van der Waals surface area contributed by atoms with E-state index < -0.39 is 0 Å². The maximum absolute atomic E-state index is 12.3. The van der Waals surface area contributed by atoms with Gasteiger partial charge in [0, 0.05) is 5.69 Å². The van der Waals surface area contributed by atoms with Crippen LogP contribution in [0.5, 0.6) is 0 Å². The zero-order valence-corrected chi connectivity index (χ0v) is 14.1. The Balaban J connectivity index is 1.68. The van der Waals surface area contributed by atoms with E-state index in [2.05, 4.69) is 15.5 Å². The van der Waals surface area contributed by atoms with E-state index in [1.807, 2.05) is 31.2 Å². The number of aryl methyl sites for hydroxylation is 1. The molecule has 0 aliphatic rings. The first-order valence-corrected chi connectivity index (χ1v) is 8.21. The number of hydrogen-bond acceptors (Lipinski definition) is 6. The highest BCUT2D eigenvalue weighted by Gasteiger charge is 2.20. The predicted octanol–water partition coefficient (Wildman–Crippen LogP) is 2.68. The van der Waals surface area contributed by atoms with Crippen LogP contribution in [0, 0.1) is 6.92 Å². The first kappa shape index (κ1) is 16.1. The zero-order valence-electron chi connectivity index (χ0n) is 13.3. The Morgan fingerprint density at radius 2 is 2.17 bits per heavy atom. The lowest BCUT2D eigenvalue weighted by Gasteiger charge is -2.11. The van der Waals surface area contributed by atoms with Crippen molar-refractivity contribution in [2.45, 2.75) is 24.3 Å². The Labute approximate surface area is 143 Å². The summed E-state index contributed by atoms with van der Waals surface area (Å²) in [6.07, 6.45) is 1.54. The fourth-order valence-electron chi connectivity index (χ4n) is 2.11. The van der Waals surface area contributed by atoms with E-state index in [0.29, 0.717) is 16.7 Å². The average Bonchev–Trinajstić information content (AvgIpc) is 3.18. The monoisotopic (exact) mass is 343 g/mol. The molecule has 0 fully saturated rings. The van der Waals surface area contributed by atoms with E-state index in [-0.39, 0.29) is 11.2 Å². The van der Waals surface area contributed by atoms with Crippen LogP contribution in [0.2, 0.25) is 0 Å². The van der Waals surface area contributed by atoms with Crippen LogP contribution in [0.15, 0.2) is 52.2 Å². The molecule has 0 spiro atoms. The van der Waals surface area contributed by atoms with Crippen molar-refractivity contribution in [3.05, 3.63) is 48.2 Å². The minimum absolute atomic E-state index is 0.131. The molecular weight excluding hydrogens is 326 g/mol. The van der Waals surface area contributed by atoms with Gasteiger partial charge in [-0.1, -0.05) is 23.9 Å². The number of thioether (sulfide) groups is 1. The van der Waals surface area contributed by atoms with Crippen molar-refractivity contribution >= 4 is 23.4 Å². The second kappa shape index (κ2) is 6.79. The molecule has 124 valence electrons. The van der Waals surface area contributed by atoms with Crippen LogP contribution in [0.3, 0.4) is 0 Å². The smallest absolute Gasteiger partial charge is 0.237 e. The van der Waals surface area contributed by atoms with Gasteiger partial charge >= 0.3 is 0 Å². The molecule has 2 heterocycles. The minimum atomic E-state index is -0.388. The summed E-state index contributed by atoms with van der Waals surface area (Å²) in [6, 6.07) is 11.1.